The zero-order valence-corrected chi connectivity index (χ0v) is 10.3. The Balaban J connectivity index is 2.24. The van der Waals surface area contributed by atoms with Crippen molar-refractivity contribution in [1.29, 1.82) is 0 Å². The predicted molar refractivity (Wildman–Crippen MR) is 64.0 cm³/mol. The van der Waals surface area contributed by atoms with Crippen molar-refractivity contribution >= 4 is 21.7 Å². The molecule has 2 rings (SSSR count). The highest BCUT2D eigenvalue weighted by Crippen LogP contribution is 2.21. The Morgan fingerprint density at radius 3 is 2.69 bits per heavy atom. The van der Waals surface area contributed by atoms with E-state index in [2.05, 4.69) is 20.9 Å². The molecule has 2 aromatic rings. The minimum Gasteiger partial charge on any atom is -0.444 e. The van der Waals surface area contributed by atoms with Crippen molar-refractivity contribution in [3.05, 3.63) is 40.7 Å². The molecule has 4 heteroatoms. The molecule has 0 amide bonds. The highest BCUT2D eigenvalue weighted by molar-refractivity contribution is 9.10. The lowest BCUT2D eigenvalue weighted by molar-refractivity contribution is -0.116. The summed E-state index contributed by atoms with van der Waals surface area (Å²) in [6.07, 6.45) is 1.85. The zero-order chi connectivity index (χ0) is 11.5. The van der Waals surface area contributed by atoms with Crippen LogP contribution in [0, 0.1) is 0 Å². The highest BCUT2D eigenvalue weighted by Gasteiger charge is 2.07. The smallest absolute Gasteiger partial charge is 0.226 e. The standard InChI is InChI=1S/C12H10BrNO2/c1-8(15)6-11-7-16-12(14-11)9-2-4-10(13)5-3-9/h2-5,7H,6H2,1H3. The molecule has 0 atom stereocenters. The second-order valence-corrected chi connectivity index (χ2v) is 4.45. The molecule has 0 spiro atoms. The van der Waals surface area contributed by atoms with Gasteiger partial charge in [-0.05, 0) is 31.2 Å². The van der Waals surface area contributed by atoms with Crippen LogP contribution in [0.3, 0.4) is 0 Å². The Labute approximate surface area is 102 Å². The van der Waals surface area contributed by atoms with E-state index in [1.165, 1.54) is 13.2 Å². The van der Waals surface area contributed by atoms with E-state index < -0.39 is 0 Å². The number of halogens is 1. The number of rotatable bonds is 3. The zero-order valence-electron chi connectivity index (χ0n) is 8.74. The van der Waals surface area contributed by atoms with Gasteiger partial charge in [-0.25, -0.2) is 4.98 Å². The number of aromatic nitrogens is 1. The van der Waals surface area contributed by atoms with E-state index in [0.29, 0.717) is 18.0 Å². The number of carbonyl (C=O) groups is 1. The summed E-state index contributed by atoms with van der Waals surface area (Å²) in [5.74, 6) is 0.624. The molecule has 0 radical (unpaired) electrons. The summed E-state index contributed by atoms with van der Waals surface area (Å²) in [5, 5.41) is 0. The Hall–Kier alpha value is -1.42. The number of Topliss-reactive ketones (excluding diaryl/α,β-unsaturated/α-hetero) is 1. The molecular formula is C12H10BrNO2. The van der Waals surface area contributed by atoms with E-state index in [9.17, 15) is 4.79 Å². The van der Waals surface area contributed by atoms with Gasteiger partial charge in [0.1, 0.15) is 12.0 Å². The van der Waals surface area contributed by atoms with Crippen molar-refractivity contribution < 1.29 is 9.21 Å². The summed E-state index contributed by atoms with van der Waals surface area (Å²) in [6.45, 7) is 1.54. The van der Waals surface area contributed by atoms with Crippen LogP contribution in [0.4, 0.5) is 0 Å². The van der Waals surface area contributed by atoms with E-state index in [-0.39, 0.29) is 5.78 Å². The van der Waals surface area contributed by atoms with E-state index in [0.717, 1.165) is 10.0 Å². The van der Waals surface area contributed by atoms with E-state index >= 15 is 0 Å². The minimum absolute atomic E-state index is 0.0793. The number of hydrogen-bond acceptors (Lipinski definition) is 3. The Bertz CT molecular complexity index is 502. The molecule has 82 valence electrons. The third-order valence-electron chi connectivity index (χ3n) is 2.07. The van der Waals surface area contributed by atoms with Crippen molar-refractivity contribution in [2.24, 2.45) is 0 Å². The van der Waals surface area contributed by atoms with E-state index in [1.54, 1.807) is 0 Å². The second-order valence-electron chi connectivity index (χ2n) is 3.53. The summed E-state index contributed by atoms with van der Waals surface area (Å²) < 4.78 is 6.32. The Morgan fingerprint density at radius 1 is 1.38 bits per heavy atom. The van der Waals surface area contributed by atoms with Gasteiger partial charge < -0.3 is 4.42 Å². The van der Waals surface area contributed by atoms with Gasteiger partial charge in [-0.15, -0.1) is 0 Å². The third kappa shape index (κ3) is 2.58. The van der Waals surface area contributed by atoms with E-state index in [4.69, 9.17) is 4.42 Å². The average molecular weight is 280 g/mol. The topological polar surface area (TPSA) is 43.1 Å². The first-order chi connectivity index (χ1) is 7.65. The van der Waals surface area contributed by atoms with Crippen LogP contribution in [0.5, 0.6) is 0 Å². The van der Waals surface area contributed by atoms with Crippen molar-refractivity contribution in [2.75, 3.05) is 0 Å². The first-order valence-corrected chi connectivity index (χ1v) is 5.64. The molecule has 0 aliphatic carbocycles. The predicted octanol–water partition coefficient (Wildman–Crippen LogP) is 3.24. The van der Waals surface area contributed by atoms with Gasteiger partial charge in [-0.1, -0.05) is 15.9 Å². The number of nitrogens with zero attached hydrogens (tertiary/aromatic N) is 1. The quantitative estimate of drug-likeness (QED) is 0.866. The summed E-state index contributed by atoms with van der Waals surface area (Å²) >= 11 is 3.36. The number of hydrogen-bond donors (Lipinski definition) is 0. The monoisotopic (exact) mass is 279 g/mol. The minimum atomic E-state index is 0.0793. The fourth-order valence-corrected chi connectivity index (χ4v) is 1.63. The van der Waals surface area contributed by atoms with Gasteiger partial charge in [-0.3, -0.25) is 4.79 Å². The molecule has 0 saturated carbocycles. The van der Waals surface area contributed by atoms with Crippen LogP contribution in [0.2, 0.25) is 0 Å². The van der Waals surface area contributed by atoms with Crippen molar-refractivity contribution in [2.45, 2.75) is 13.3 Å². The van der Waals surface area contributed by atoms with Crippen LogP contribution in [-0.4, -0.2) is 10.8 Å². The Kier molecular flexibility index (Phi) is 3.19. The molecule has 1 heterocycles. The maximum Gasteiger partial charge on any atom is 0.226 e. The number of ketones is 1. The molecule has 3 nitrogen and oxygen atoms in total. The van der Waals surface area contributed by atoms with Gasteiger partial charge in [0.25, 0.3) is 0 Å². The van der Waals surface area contributed by atoms with Gasteiger partial charge in [0.15, 0.2) is 0 Å². The van der Waals surface area contributed by atoms with Crippen molar-refractivity contribution in [3.63, 3.8) is 0 Å². The SMILES string of the molecule is CC(=O)Cc1coc(-c2ccc(Br)cc2)n1. The lowest BCUT2D eigenvalue weighted by atomic mass is 10.2. The summed E-state index contributed by atoms with van der Waals surface area (Å²) in [5.41, 5.74) is 1.57. The normalized spacial score (nSPS) is 10.4. The molecule has 0 aliphatic rings. The lowest BCUT2D eigenvalue weighted by Crippen LogP contribution is -1.95. The molecule has 0 fully saturated rings. The van der Waals surface area contributed by atoms with E-state index in [1.807, 2.05) is 24.3 Å². The lowest BCUT2D eigenvalue weighted by Gasteiger charge is -1.94. The Morgan fingerprint density at radius 2 is 2.06 bits per heavy atom. The number of benzene rings is 1. The first kappa shape index (κ1) is 11.1. The molecule has 0 saturated heterocycles. The summed E-state index contributed by atoms with van der Waals surface area (Å²) in [4.78, 5) is 15.2. The highest BCUT2D eigenvalue weighted by atomic mass is 79.9. The molecule has 0 bridgehead atoms. The number of oxazole rings is 1. The second kappa shape index (κ2) is 4.61. The van der Waals surface area contributed by atoms with Crippen molar-refractivity contribution in [3.8, 4) is 11.5 Å². The molecule has 0 aliphatic heterocycles. The van der Waals surface area contributed by atoms with Gasteiger partial charge in [0.05, 0.1) is 12.1 Å². The summed E-state index contributed by atoms with van der Waals surface area (Å²) in [6, 6.07) is 7.66. The molecule has 16 heavy (non-hydrogen) atoms. The maximum atomic E-state index is 10.9. The molecule has 0 unspecified atom stereocenters. The van der Waals surface area contributed by atoms with Gasteiger partial charge >= 0.3 is 0 Å². The van der Waals surface area contributed by atoms with Crippen LogP contribution >= 0.6 is 15.9 Å². The molecule has 1 aromatic heterocycles. The van der Waals surface area contributed by atoms with Crippen LogP contribution in [0.25, 0.3) is 11.5 Å². The van der Waals surface area contributed by atoms with Crippen LogP contribution in [0.1, 0.15) is 12.6 Å². The largest absolute Gasteiger partial charge is 0.444 e. The van der Waals surface area contributed by atoms with Gasteiger partial charge in [-0.2, -0.15) is 0 Å². The number of carbonyl (C=O) groups excluding carboxylic acids is 1. The maximum absolute atomic E-state index is 10.9. The van der Waals surface area contributed by atoms with Crippen LogP contribution in [0.15, 0.2) is 39.4 Å². The fourth-order valence-electron chi connectivity index (χ4n) is 1.37. The van der Waals surface area contributed by atoms with Gasteiger partial charge in [0, 0.05) is 10.0 Å². The summed E-state index contributed by atoms with van der Waals surface area (Å²) in [7, 11) is 0. The van der Waals surface area contributed by atoms with Gasteiger partial charge in [0.2, 0.25) is 5.89 Å². The molecule has 0 N–H and O–H groups in total. The van der Waals surface area contributed by atoms with Crippen LogP contribution in [-0.2, 0) is 11.2 Å². The fraction of sp³-hybridized carbons (Fsp3) is 0.167. The van der Waals surface area contributed by atoms with Crippen LogP contribution < -0.4 is 0 Å². The van der Waals surface area contributed by atoms with Crippen molar-refractivity contribution in [1.82, 2.24) is 4.98 Å². The molecular weight excluding hydrogens is 270 g/mol. The first-order valence-electron chi connectivity index (χ1n) is 4.85. The average Bonchev–Trinajstić information content (AvgIpc) is 2.66. The third-order valence-corrected chi connectivity index (χ3v) is 2.60. The molecule has 1 aromatic carbocycles.